The van der Waals surface area contributed by atoms with Crippen molar-refractivity contribution in [1.82, 2.24) is 14.8 Å². The van der Waals surface area contributed by atoms with Crippen LogP contribution >= 0.6 is 12.2 Å². The van der Waals surface area contributed by atoms with Crippen LogP contribution in [-0.4, -0.2) is 14.8 Å². The maximum absolute atomic E-state index is 5.18. The summed E-state index contributed by atoms with van der Waals surface area (Å²) < 4.78 is 2.91. The summed E-state index contributed by atoms with van der Waals surface area (Å²) in [7, 11) is 0. The molecule has 0 aromatic carbocycles. The van der Waals surface area contributed by atoms with Gasteiger partial charge in [-0.05, 0) is 31.0 Å². The molecule has 1 N–H and O–H groups in total. The smallest absolute Gasteiger partial charge is 0.195 e. The molecule has 4 heteroatoms. The molecule has 0 spiro atoms. The van der Waals surface area contributed by atoms with Gasteiger partial charge in [-0.2, -0.15) is 5.10 Å². The van der Waals surface area contributed by atoms with Gasteiger partial charge in [0, 0.05) is 13.0 Å². The van der Waals surface area contributed by atoms with Crippen LogP contribution in [0.25, 0.3) is 0 Å². The summed E-state index contributed by atoms with van der Waals surface area (Å²) in [6, 6.07) is 0. The van der Waals surface area contributed by atoms with Gasteiger partial charge in [0.1, 0.15) is 5.82 Å². The Kier molecular flexibility index (Phi) is 3.01. The standard InChI is InChI=1S/C10H17N3S/c1-2-9-11-12-10(14)13(9)7-3-4-8-5-6-8/h8H,2-7H2,1H3,(H,12,14). The number of rotatable bonds is 5. The van der Waals surface area contributed by atoms with Crippen molar-refractivity contribution < 1.29 is 0 Å². The number of hydrogen-bond donors (Lipinski definition) is 1. The number of aromatic amines is 1. The third-order valence-corrected chi connectivity index (χ3v) is 3.16. The number of hydrogen-bond acceptors (Lipinski definition) is 2. The van der Waals surface area contributed by atoms with Crippen molar-refractivity contribution in [2.45, 2.75) is 45.6 Å². The fourth-order valence-corrected chi connectivity index (χ4v) is 2.04. The van der Waals surface area contributed by atoms with Crippen molar-refractivity contribution in [2.75, 3.05) is 0 Å². The van der Waals surface area contributed by atoms with Crippen LogP contribution in [0.5, 0.6) is 0 Å². The number of nitrogens with one attached hydrogen (secondary N) is 1. The highest BCUT2D eigenvalue weighted by molar-refractivity contribution is 7.71. The fraction of sp³-hybridized carbons (Fsp3) is 0.800. The lowest BCUT2D eigenvalue weighted by Crippen LogP contribution is -2.03. The molecule has 1 aromatic heterocycles. The molecule has 0 atom stereocenters. The monoisotopic (exact) mass is 211 g/mol. The van der Waals surface area contributed by atoms with Crippen LogP contribution in [0.4, 0.5) is 0 Å². The van der Waals surface area contributed by atoms with Crippen molar-refractivity contribution in [3.05, 3.63) is 10.6 Å². The van der Waals surface area contributed by atoms with Gasteiger partial charge < -0.3 is 4.57 Å². The minimum atomic E-state index is 0.776. The molecule has 0 unspecified atom stereocenters. The Hall–Kier alpha value is -0.640. The van der Waals surface area contributed by atoms with Crippen molar-refractivity contribution >= 4 is 12.2 Å². The summed E-state index contributed by atoms with van der Waals surface area (Å²) in [6.45, 7) is 3.15. The second-order valence-corrected chi connectivity index (χ2v) is 4.42. The van der Waals surface area contributed by atoms with Gasteiger partial charge in [0.25, 0.3) is 0 Å². The maximum Gasteiger partial charge on any atom is 0.195 e. The molecule has 1 aromatic rings. The van der Waals surface area contributed by atoms with Crippen molar-refractivity contribution in [3.8, 4) is 0 Å². The summed E-state index contributed by atoms with van der Waals surface area (Å²) in [4.78, 5) is 0. The second kappa shape index (κ2) is 4.26. The van der Waals surface area contributed by atoms with E-state index < -0.39 is 0 Å². The van der Waals surface area contributed by atoms with Gasteiger partial charge in [0.2, 0.25) is 0 Å². The van der Waals surface area contributed by atoms with E-state index in [2.05, 4.69) is 21.7 Å². The van der Waals surface area contributed by atoms with Crippen molar-refractivity contribution in [2.24, 2.45) is 5.92 Å². The molecule has 1 heterocycles. The lowest BCUT2D eigenvalue weighted by atomic mass is 10.2. The van der Waals surface area contributed by atoms with Gasteiger partial charge in [0.05, 0.1) is 0 Å². The summed E-state index contributed by atoms with van der Waals surface area (Å²) in [5, 5.41) is 7.05. The van der Waals surface area contributed by atoms with E-state index in [9.17, 15) is 0 Å². The first-order chi connectivity index (χ1) is 6.81. The first kappa shape index (κ1) is 9.90. The summed E-state index contributed by atoms with van der Waals surface area (Å²) >= 11 is 5.18. The molecule has 0 radical (unpaired) electrons. The molecule has 14 heavy (non-hydrogen) atoms. The Balaban J connectivity index is 1.92. The third-order valence-electron chi connectivity index (χ3n) is 2.84. The van der Waals surface area contributed by atoms with Gasteiger partial charge in [-0.25, -0.2) is 0 Å². The molecule has 2 rings (SSSR count). The molecule has 3 nitrogen and oxygen atoms in total. The van der Waals surface area contributed by atoms with Crippen LogP contribution in [0.1, 0.15) is 38.4 Å². The molecule has 1 fully saturated rings. The topological polar surface area (TPSA) is 33.6 Å². The summed E-state index contributed by atoms with van der Waals surface area (Å²) in [6.07, 6.45) is 6.44. The Labute approximate surface area is 89.5 Å². The lowest BCUT2D eigenvalue weighted by molar-refractivity contribution is 0.557. The number of aromatic nitrogens is 3. The molecular formula is C10H17N3S. The first-order valence-corrected chi connectivity index (χ1v) is 5.86. The molecule has 1 aliphatic carbocycles. The minimum absolute atomic E-state index is 0.776. The molecule has 1 saturated carbocycles. The summed E-state index contributed by atoms with van der Waals surface area (Å²) in [5.74, 6) is 2.10. The van der Waals surface area contributed by atoms with Gasteiger partial charge in [0.15, 0.2) is 4.77 Å². The molecule has 0 aliphatic heterocycles. The molecule has 0 saturated heterocycles. The number of H-pyrrole nitrogens is 1. The fourth-order valence-electron chi connectivity index (χ4n) is 1.80. The molecular weight excluding hydrogens is 194 g/mol. The zero-order valence-corrected chi connectivity index (χ0v) is 9.44. The van der Waals surface area contributed by atoms with Crippen molar-refractivity contribution in [1.29, 1.82) is 0 Å². The van der Waals surface area contributed by atoms with E-state index in [-0.39, 0.29) is 0 Å². The maximum atomic E-state index is 5.18. The highest BCUT2D eigenvalue weighted by Crippen LogP contribution is 2.33. The summed E-state index contributed by atoms with van der Waals surface area (Å²) in [5.41, 5.74) is 0. The lowest BCUT2D eigenvalue weighted by Gasteiger charge is -2.04. The van der Waals surface area contributed by atoms with E-state index in [1.165, 1.54) is 25.7 Å². The van der Waals surface area contributed by atoms with Gasteiger partial charge >= 0.3 is 0 Å². The normalized spacial score (nSPS) is 16.1. The van der Waals surface area contributed by atoms with E-state index in [1.54, 1.807) is 0 Å². The molecule has 0 amide bonds. The van der Waals surface area contributed by atoms with Crippen LogP contribution in [0.3, 0.4) is 0 Å². The zero-order chi connectivity index (χ0) is 9.97. The number of aryl methyl sites for hydroxylation is 1. The van der Waals surface area contributed by atoms with Gasteiger partial charge in [-0.3, -0.25) is 5.10 Å². The molecule has 0 bridgehead atoms. The largest absolute Gasteiger partial charge is 0.304 e. The Morgan fingerprint density at radius 2 is 2.36 bits per heavy atom. The average Bonchev–Trinajstić information content (AvgIpc) is 2.93. The SMILES string of the molecule is CCc1n[nH]c(=S)n1CCCC1CC1. The van der Waals surface area contributed by atoms with E-state index >= 15 is 0 Å². The highest BCUT2D eigenvalue weighted by Gasteiger charge is 2.20. The average molecular weight is 211 g/mol. The molecule has 1 aliphatic rings. The Morgan fingerprint density at radius 1 is 1.57 bits per heavy atom. The van der Waals surface area contributed by atoms with E-state index in [1.807, 2.05) is 0 Å². The van der Waals surface area contributed by atoms with Gasteiger partial charge in [-0.1, -0.05) is 19.8 Å². The third kappa shape index (κ3) is 2.23. The first-order valence-electron chi connectivity index (χ1n) is 5.45. The van der Waals surface area contributed by atoms with Crippen LogP contribution < -0.4 is 0 Å². The minimum Gasteiger partial charge on any atom is -0.304 e. The quantitative estimate of drug-likeness (QED) is 0.760. The van der Waals surface area contributed by atoms with Crippen LogP contribution in [-0.2, 0) is 13.0 Å². The van der Waals surface area contributed by atoms with Crippen molar-refractivity contribution in [3.63, 3.8) is 0 Å². The van der Waals surface area contributed by atoms with E-state index in [0.717, 1.165) is 29.5 Å². The van der Waals surface area contributed by atoms with Gasteiger partial charge in [-0.15, -0.1) is 0 Å². The predicted octanol–water partition coefficient (Wildman–Crippen LogP) is 2.69. The van der Waals surface area contributed by atoms with Crippen LogP contribution in [0, 0.1) is 10.7 Å². The van der Waals surface area contributed by atoms with Crippen LogP contribution in [0.2, 0.25) is 0 Å². The van der Waals surface area contributed by atoms with E-state index in [4.69, 9.17) is 12.2 Å². The van der Waals surface area contributed by atoms with Crippen LogP contribution in [0.15, 0.2) is 0 Å². The second-order valence-electron chi connectivity index (χ2n) is 4.04. The highest BCUT2D eigenvalue weighted by atomic mass is 32.1. The van der Waals surface area contributed by atoms with E-state index in [0.29, 0.717) is 0 Å². The predicted molar refractivity (Wildman–Crippen MR) is 58.7 cm³/mol. The molecule has 78 valence electrons. The Bertz CT molecular complexity index is 348. The number of nitrogens with zero attached hydrogens (tertiary/aromatic N) is 2. The zero-order valence-electron chi connectivity index (χ0n) is 8.62. The Morgan fingerprint density at radius 3 is 3.00 bits per heavy atom.